The van der Waals surface area contributed by atoms with Crippen molar-refractivity contribution in [3.63, 3.8) is 0 Å². The van der Waals surface area contributed by atoms with E-state index in [9.17, 15) is 4.79 Å². The molecule has 0 unspecified atom stereocenters. The van der Waals surface area contributed by atoms with Crippen molar-refractivity contribution in [2.24, 2.45) is 0 Å². The Balaban J connectivity index is 0. The van der Waals surface area contributed by atoms with Crippen molar-refractivity contribution < 1.29 is 30.2 Å². The van der Waals surface area contributed by atoms with Gasteiger partial charge in [0.05, 0.1) is 6.19 Å². The number of rotatable bonds is 1. The average Bonchev–Trinajstić information content (AvgIpc) is 1.38. The summed E-state index contributed by atoms with van der Waals surface area (Å²) in [7, 11) is 0. The first kappa shape index (κ1) is 9.61. The number of hydrogen-bond acceptors (Lipinski definition) is 2. The van der Waals surface area contributed by atoms with Crippen LogP contribution in [-0.4, -0.2) is 18.1 Å². The summed E-state index contributed by atoms with van der Waals surface area (Å²) in [5.41, 5.74) is 0. The van der Waals surface area contributed by atoms with Crippen molar-refractivity contribution >= 4 is 13.1 Å². The molecule has 0 atom stereocenters. The molecule has 0 aliphatic carbocycles. The molecular weight excluding hydrogens is 253 g/mol. The van der Waals surface area contributed by atoms with Gasteiger partial charge in [-0.3, -0.25) is 0 Å². The van der Waals surface area contributed by atoms with Crippen LogP contribution in [0.1, 0.15) is 0 Å². The van der Waals surface area contributed by atoms with Crippen molar-refractivity contribution in [2.45, 2.75) is 0 Å². The standard InChI is InChI=1S/C2H4BO2.Re/c1-3(5)2-4;/h2,5H,1H2;/q-1;. The number of hydrogen-bond donors (Lipinski definition) is 1. The molecular formula is C2H4BO2Re-. The Morgan fingerprint density at radius 3 is 2.00 bits per heavy atom. The van der Waals surface area contributed by atoms with E-state index >= 15 is 0 Å². The fraction of sp³-hybridized carbons (Fsp3) is 0. The normalized spacial score (nSPS) is 5.67. The summed E-state index contributed by atoms with van der Waals surface area (Å²) in [5, 5.41) is 7.88. The van der Waals surface area contributed by atoms with Crippen molar-refractivity contribution in [1.82, 2.24) is 0 Å². The van der Waals surface area contributed by atoms with Crippen LogP contribution in [0.3, 0.4) is 0 Å². The van der Waals surface area contributed by atoms with Gasteiger partial charge in [-0.2, -0.15) is 0 Å². The zero-order chi connectivity index (χ0) is 4.28. The van der Waals surface area contributed by atoms with Gasteiger partial charge in [-0.1, -0.05) is 0 Å². The van der Waals surface area contributed by atoms with E-state index in [1.807, 2.05) is 0 Å². The molecule has 0 aromatic rings. The van der Waals surface area contributed by atoms with E-state index in [1.165, 1.54) is 0 Å². The molecule has 0 heterocycles. The fourth-order valence-corrected chi connectivity index (χ4v) is 0. The first-order valence-electron chi connectivity index (χ1n) is 1.24. The van der Waals surface area contributed by atoms with Crippen molar-refractivity contribution in [2.75, 3.05) is 0 Å². The average molecular weight is 257 g/mol. The van der Waals surface area contributed by atoms with Crippen molar-refractivity contribution in [3.8, 4) is 0 Å². The quantitative estimate of drug-likeness (QED) is 0.376. The minimum atomic E-state index is -1.05. The molecule has 0 aromatic carbocycles. The van der Waals surface area contributed by atoms with Crippen LogP contribution in [-0.2, 0) is 25.2 Å². The van der Waals surface area contributed by atoms with Crippen LogP contribution in [0.2, 0.25) is 0 Å². The topological polar surface area (TPSA) is 37.3 Å². The van der Waals surface area contributed by atoms with Gasteiger partial charge in [-0.05, 0) is 0 Å². The molecule has 0 amide bonds. The second-order valence-corrected chi connectivity index (χ2v) is 0.703. The van der Waals surface area contributed by atoms with Crippen LogP contribution in [0.25, 0.3) is 0 Å². The Morgan fingerprint density at radius 1 is 1.83 bits per heavy atom. The van der Waals surface area contributed by atoms with Gasteiger partial charge < -0.3 is 16.6 Å². The summed E-state index contributed by atoms with van der Waals surface area (Å²) in [6.07, 6.45) is 0.361. The molecule has 0 saturated heterocycles. The second-order valence-electron chi connectivity index (χ2n) is 0.703. The van der Waals surface area contributed by atoms with Gasteiger partial charge >= 0.3 is 0 Å². The monoisotopic (exact) mass is 258 g/mol. The Bertz CT molecular complexity index is 38.5. The van der Waals surface area contributed by atoms with Gasteiger partial charge in [0.25, 0.3) is 0 Å². The molecule has 35 valence electrons. The zero-order valence-electron chi connectivity index (χ0n) is 3.10. The Labute approximate surface area is 50.7 Å². The minimum absolute atomic E-state index is 0. The molecule has 0 saturated carbocycles. The Morgan fingerprint density at radius 2 is 2.00 bits per heavy atom. The van der Waals surface area contributed by atoms with E-state index in [2.05, 4.69) is 6.82 Å². The van der Waals surface area contributed by atoms with Crippen LogP contribution in [0, 0.1) is 6.82 Å². The Hall–Kier alpha value is 0.357. The molecule has 0 aromatic heterocycles. The molecule has 6 heavy (non-hydrogen) atoms. The van der Waals surface area contributed by atoms with Gasteiger partial charge in [-0.25, -0.2) is 0 Å². The predicted molar refractivity (Wildman–Crippen MR) is 20.1 cm³/mol. The third-order valence-corrected chi connectivity index (χ3v) is 0.157. The van der Waals surface area contributed by atoms with Crippen molar-refractivity contribution in [3.05, 3.63) is 6.82 Å². The maximum Gasteiger partial charge on any atom is 0.195 e. The first-order valence-corrected chi connectivity index (χ1v) is 1.24. The van der Waals surface area contributed by atoms with Crippen LogP contribution in [0.4, 0.5) is 0 Å². The maximum absolute atomic E-state index is 9.19. The predicted octanol–water partition coefficient (Wildman–Crippen LogP) is -0.887. The summed E-state index contributed by atoms with van der Waals surface area (Å²) in [5.74, 6) is 0. The smallest absolute Gasteiger partial charge is 0.195 e. The number of carbonyl (C=O) groups is 1. The van der Waals surface area contributed by atoms with E-state index in [0.29, 0.717) is 6.19 Å². The first-order chi connectivity index (χ1) is 2.27. The van der Waals surface area contributed by atoms with E-state index < -0.39 is 6.92 Å². The van der Waals surface area contributed by atoms with Gasteiger partial charge in [0, 0.05) is 20.4 Å². The molecule has 4 heteroatoms. The van der Waals surface area contributed by atoms with E-state index in [0.717, 1.165) is 0 Å². The largest absolute Gasteiger partial charge is 0.477 e. The third kappa shape index (κ3) is 8.84. The summed E-state index contributed by atoms with van der Waals surface area (Å²) in [6, 6.07) is 0. The van der Waals surface area contributed by atoms with Crippen LogP contribution in [0.5, 0.6) is 0 Å². The van der Waals surface area contributed by atoms with Gasteiger partial charge in [0.1, 0.15) is 0 Å². The van der Waals surface area contributed by atoms with E-state index in [4.69, 9.17) is 5.02 Å². The van der Waals surface area contributed by atoms with Crippen LogP contribution in [0.15, 0.2) is 0 Å². The molecule has 1 radical (unpaired) electrons. The molecule has 0 aliphatic heterocycles. The van der Waals surface area contributed by atoms with Gasteiger partial charge in [-0.15, -0.1) is 0 Å². The minimum Gasteiger partial charge on any atom is -0.477 e. The SMILES string of the molecule is [CH2-]B(O)C=O.[Re]. The van der Waals surface area contributed by atoms with E-state index in [-0.39, 0.29) is 20.4 Å². The third-order valence-electron chi connectivity index (χ3n) is 0.157. The zero-order valence-corrected chi connectivity index (χ0v) is 5.81. The van der Waals surface area contributed by atoms with Crippen LogP contribution >= 0.6 is 0 Å². The summed E-state index contributed by atoms with van der Waals surface area (Å²) >= 11 is 0. The molecule has 0 aliphatic rings. The van der Waals surface area contributed by atoms with Crippen molar-refractivity contribution in [1.29, 1.82) is 0 Å². The molecule has 1 N–H and O–H groups in total. The molecule has 0 rings (SSSR count). The molecule has 0 fully saturated rings. The van der Waals surface area contributed by atoms with E-state index in [1.54, 1.807) is 0 Å². The summed E-state index contributed by atoms with van der Waals surface area (Å²) in [4.78, 5) is 9.19. The van der Waals surface area contributed by atoms with Gasteiger partial charge in [0.15, 0.2) is 6.92 Å². The Kier molecular flexibility index (Phi) is 8.58. The second kappa shape index (κ2) is 5.36. The molecule has 0 spiro atoms. The maximum atomic E-state index is 9.19. The summed E-state index contributed by atoms with van der Waals surface area (Å²) < 4.78 is 0. The molecule has 2 nitrogen and oxygen atoms in total. The molecule has 0 bridgehead atoms. The van der Waals surface area contributed by atoms with Crippen LogP contribution < -0.4 is 0 Å². The summed E-state index contributed by atoms with van der Waals surface area (Å²) in [6.45, 7) is 1.90. The fourth-order valence-electron chi connectivity index (χ4n) is 0. The van der Waals surface area contributed by atoms with Gasteiger partial charge in [0.2, 0.25) is 0 Å². The number of carbonyl (C=O) groups excluding carboxylic acids is 1.